The van der Waals surface area contributed by atoms with Gasteiger partial charge in [0.2, 0.25) is 0 Å². The minimum Gasteiger partial charge on any atom is -0.390 e. The minimum atomic E-state index is -0.652. The molecule has 1 heterocycles. The fourth-order valence-corrected chi connectivity index (χ4v) is 1.49. The Balaban J connectivity index is 2.39. The predicted octanol–water partition coefficient (Wildman–Crippen LogP) is 1.14. The Bertz CT molecular complexity index is 295. The summed E-state index contributed by atoms with van der Waals surface area (Å²) in [6.45, 7) is 2.45. The monoisotopic (exact) mass is 212 g/mol. The third-order valence-corrected chi connectivity index (χ3v) is 2.69. The number of rotatable bonds is 6. The van der Waals surface area contributed by atoms with Crippen LogP contribution in [0.4, 0.5) is 0 Å². The summed E-state index contributed by atoms with van der Waals surface area (Å²) < 4.78 is 6.80. The van der Waals surface area contributed by atoms with Gasteiger partial charge in [0, 0.05) is 32.7 Å². The summed E-state index contributed by atoms with van der Waals surface area (Å²) in [5, 5.41) is 14.1. The van der Waals surface area contributed by atoms with E-state index in [9.17, 15) is 5.11 Å². The quantitative estimate of drug-likeness (QED) is 0.769. The lowest BCUT2D eigenvalue weighted by Crippen LogP contribution is -2.27. The van der Waals surface area contributed by atoms with Gasteiger partial charge in [0.1, 0.15) is 0 Å². The SMILES string of the molecule is COCCC(C)(O)CCc1ccnn1C. The molecule has 0 bridgehead atoms. The normalized spacial score (nSPS) is 15.2. The first-order valence-electron chi connectivity index (χ1n) is 5.23. The van der Waals surface area contributed by atoms with E-state index in [-0.39, 0.29) is 0 Å². The van der Waals surface area contributed by atoms with Gasteiger partial charge in [-0.15, -0.1) is 0 Å². The molecule has 1 atom stereocenters. The number of methoxy groups -OCH3 is 1. The molecule has 0 amide bonds. The Morgan fingerprint density at radius 3 is 2.80 bits per heavy atom. The molecule has 1 aromatic rings. The van der Waals surface area contributed by atoms with Gasteiger partial charge in [0.25, 0.3) is 0 Å². The van der Waals surface area contributed by atoms with E-state index in [1.165, 1.54) is 0 Å². The molecule has 1 aromatic heterocycles. The van der Waals surface area contributed by atoms with Crippen LogP contribution in [0.2, 0.25) is 0 Å². The van der Waals surface area contributed by atoms with Crippen molar-refractivity contribution in [3.8, 4) is 0 Å². The lowest BCUT2D eigenvalue weighted by molar-refractivity contribution is 0.0173. The molecule has 4 heteroatoms. The average molecular weight is 212 g/mol. The molecule has 86 valence electrons. The second kappa shape index (κ2) is 5.28. The van der Waals surface area contributed by atoms with Crippen molar-refractivity contribution in [1.82, 2.24) is 9.78 Å². The molecule has 0 aliphatic heterocycles. The number of hydrogen-bond donors (Lipinski definition) is 1. The highest BCUT2D eigenvalue weighted by atomic mass is 16.5. The van der Waals surface area contributed by atoms with Gasteiger partial charge in [-0.1, -0.05) is 0 Å². The van der Waals surface area contributed by atoms with Gasteiger partial charge in [-0.05, 0) is 32.3 Å². The Hall–Kier alpha value is -0.870. The lowest BCUT2D eigenvalue weighted by atomic mass is 9.96. The first kappa shape index (κ1) is 12.2. The topological polar surface area (TPSA) is 47.3 Å². The van der Waals surface area contributed by atoms with Crippen LogP contribution in [0.1, 0.15) is 25.5 Å². The van der Waals surface area contributed by atoms with Crippen LogP contribution in [-0.2, 0) is 18.2 Å². The maximum atomic E-state index is 10.0. The summed E-state index contributed by atoms with van der Waals surface area (Å²) in [6.07, 6.45) is 4.02. The number of aryl methyl sites for hydroxylation is 2. The van der Waals surface area contributed by atoms with E-state index < -0.39 is 5.60 Å². The van der Waals surface area contributed by atoms with E-state index in [0.717, 1.165) is 18.5 Å². The van der Waals surface area contributed by atoms with Crippen LogP contribution in [0.5, 0.6) is 0 Å². The molecule has 0 aromatic carbocycles. The molecule has 15 heavy (non-hydrogen) atoms. The molecule has 0 aliphatic carbocycles. The summed E-state index contributed by atoms with van der Waals surface area (Å²) in [7, 11) is 3.57. The first-order valence-corrected chi connectivity index (χ1v) is 5.23. The minimum absolute atomic E-state index is 0.596. The molecule has 1 rings (SSSR count). The van der Waals surface area contributed by atoms with Crippen LogP contribution < -0.4 is 0 Å². The highest BCUT2D eigenvalue weighted by Crippen LogP contribution is 2.17. The third-order valence-electron chi connectivity index (χ3n) is 2.69. The number of hydrogen-bond acceptors (Lipinski definition) is 3. The second-order valence-corrected chi connectivity index (χ2v) is 4.19. The Labute approximate surface area is 90.9 Å². The fourth-order valence-electron chi connectivity index (χ4n) is 1.49. The number of aliphatic hydroxyl groups is 1. The van der Waals surface area contributed by atoms with Crippen LogP contribution >= 0.6 is 0 Å². The van der Waals surface area contributed by atoms with Crippen molar-refractivity contribution in [3.63, 3.8) is 0 Å². The van der Waals surface area contributed by atoms with E-state index in [1.807, 2.05) is 24.7 Å². The van der Waals surface area contributed by atoms with Crippen LogP contribution in [0.3, 0.4) is 0 Å². The van der Waals surface area contributed by atoms with Gasteiger partial charge in [-0.25, -0.2) is 0 Å². The van der Waals surface area contributed by atoms with Gasteiger partial charge < -0.3 is 9.84 Å². The summed E-state index contributed by atoms with van der Waals surface area (Å²) >= 11 is 0. The van der Waals surface area contributed by atoms with Crippen molar-refractivity contribution in [2.24, 2.45) is 7.05 Å². The van der Waals surface area contributed by atoms with Crippen molar-refractivity contribution in [2.45, 2.75) is 31.8 Å². The van der Waals surface area contributed by atoms with Crippen molar-refractivity contribution < 1.29 is 9.84 Å². The number of ether oxygens (including phenoxy) is 1. The lowest BCUT2D eigenvalue weighted by Gasteiger charge is -2.22. The smallest absolute Gasteiger partial charge is 0.0645 e. The number of nitrogens with zero attached hydrogens (tertiary/aromatic N) is 2. The Morgan fingerprint density at radius 1 is 1.53 bits per heavy atom. The van der Waals surface area contributed by atoms with Crippen LogP contribution in [-0.4, -0.2) is 34.2 Å². The van der Waals surface area contributed by atoms with Gasteiger partial charge in [-0.3, -0.25) is 4.68 Å². The van der Waals surface area contributed by atoms with E-state index in [0.29, 0.717) is 13.0 Å². The molecular formula is C11H20N2O2. The molecule has 0 spiro atoms. The summed E-state index contributed by atoms with van der Waals surface area (Å²) in [4.78, 5) is 0. The highest BCUT2D eigenvalue weighted by molar-refractivity contribution is 5.00. The van der Waals surface area contributed by atoms with E-state index >= 15 is 0 Å². The van der Waals surface area contributed by atoms with Crippen LogP contribution in [0.25, 0.3) is 0 Å². The molecule has 0 saturated carbocycles. The largest absolute Gasteiger partial charge is 0.390 e. The van der Waals surface area contributed by atoms with Crippen LogP contribution in [0, 0.1) is 0 Å². The average Bonchev–Trinajstić information content (AvgIpc) is 2.58. The maximum absolute atomic E-state index is 10.0. The summed E-state index contributed by atoms with van der Waals surface area (Å²) in [5.41, 5.74) is 0.494. The van der Waals surface area contributed by atoms with Gasteiger partial charge in [0.05, 0.1) is 5.60 Å². The zero-order chi connectivity index (χ0) is 11.3. The van der Waals surface area contributed by atoms with E-state index in [4.69, 9.17) is 4.74 Å². The molecular weight excluding hydrogens is 192 g/mol. The summed E-state index contributed by atoms with van der Waals surface area (Å²) in [5.74, 6) is 0. The molecule has 0 radical (unpaired) electrons. The Kier molecular flexibility index (Phi) is 4.29. The second-order valence-electron chi connectivity index (χ2n) is 4.19. The first-order chi connectivity index (χ1) is 7.05. The highest BCUT2D eigenvalue weighted by Gasteiger charge is 2.20. The maximum Gasteiger partial charge on any atom is 0.0645 e. The molecule has 0 aliphatic rings. The van der Waals surface area contributed by atoms with E-state index in [2.05, 4.69) is 5.10 Å². The summed E-state index contributed by atoms with van der Waals surface area (Å²) in [6, 6.07) is 1.98. The molecule has 4 nitrogen and oxygen atoms in total. The standard InChI is InChI=1S/C11H20N2O2/c1-11(14,7-9-15-3)6-4-10-5-8-12-13(10)2/h5,8,14H,4,6-7,9H2,1-3H3. The number of aromatic nitrogens is 2. The molecule has 1 unspecified atom stereocenters. The van der Waals surface area contributed by atoms with Crippen LogP contribution in [0.15, 0.2) is 12.3 Å². The van der Waals surface area contributed by atoms with E-state index in [1.54, 1.807) is 13.3 Å². The van der Waals surface area contributed by atoms with Crippen molar-refractivity contribution in [3.05, 3.63) is 18.0 Å². The predicted molar refractivity (Wildman–Crippen MR) is 58.6 cm³/mol. The molecule has 1 N–H and O–H groups in total. The van der Waals surface area contributed by atoms with Crippen molar-refractivity contribution >= 4 is 0 Å². The zero-order valence-electron chi connectivity index (χ0n) is 9.73. The van der Waals surface area contributed by atoms with Crippen molar-refractivity contribution in [1.29, 1.82) is 0 Å². The fraction of sp³-hybridized carbons (Fsp3) is 0.727. The third kappa shape index (κ3) is 4.01. The van der Waals surface area contributed by atoms with Crippen molar-refractivity contribution in [2.75, 3.05) is 13.7 Å². The van der Waals surface area contributed by atoms with Gasteiger partial charge in [-0.2, -0.15) is 5.10 Å². The zero-order valence-corrected chi connectivity index (χ0v) is 9.73. The molecule has 0 saturated heterocycles. The Morgan fingerprint density at radius 2 is 2.27 bits per heavy atom. The molecule has 0 fully saturated rings. The van der Waals surface area contributed by atoms with Gasteiger partial charge in [0.15, 0.2) is 0 Å². The van der Waals surface area contributed by atoms with Gasteiger partial charge >= 0.3 is 0 Å².